The van der Waals surface area contributed by atoms with Crippen LogP contribution >= 0.6 is 0 Å². The third-order valence-electron chi connectivity index (χ3n) is 4.12. The fraction of sp³-hybridized carbons (Fsp3) is 0.529. The van der Waals surface area contributed by atoms with E-state index in [4.69, 9.17) is 4.74 Å². The smallest absolute Gasteiger partial charge is 0.411 e. The molecule has 0 spiro atoms. The number of carboxylic acids is 1. The van der Waals surface area contributed by atoms with Crippen molar-refractivity contribution in [1.82, 2.24) is 4.90 Å². The second kappa shape index (κ2) is 7.29. The van der Waals surface area contributed by atoms with Gasteiger partial charge < -0.3 is 9.84 Å². The Bertz CT molecular complexity index is 511. The summed E-state index contributed by atoms with van der Waals surface area (Å²) >= 11 is 0. The summed E-state index contributed by atoms with van der Waals surface area (Å²) < 4.78 is 5.33. The summed E-state index contributed by atoms with van der Waals surface area (Å²) in [7, 11) is 0. The summed E-state index contributed by atoms with van der Waals surface area (Å²) in [6.07, 6.45) is 2.18. The third kappa shape index (κ3) is 3.78. The van der Waals surface area contributed by atoms with Gasteiger partial charge in [0, 0.05) is 6.04 Å². The molecule has 120 valence electrons. The molecule has 1 amide bonds. The Morgan fingerprint density at radius 1 is 1.27 bits per heavy atom. The molecular formula is C17H23NO4. The monoisotopic (exact) mass is 305 g/mol. The van der Waals surface area contributed by atoms with Gasteiger partial charge in [-0.2, -0.15) is 0 Å². The lowest BCUT2D eigenvalue weighted by atomic mass is 9.79. The van der Waals surface area contributed by atoms with Crippen molar-refractivity contribution in [3.63, 3.8) is 0 Å². The second-order valence-corrected chi connectivity index (χ2v) is 6.02. The topological polar surface area (TPSA) is 66.8 Å². The van der Waals surface area contributed by atoms with Crippen LogP contribution in [-0.4, -0.2) is 34.2 Å². The van der Waals surface area contributed by atoms with E-state index >= 15 is 0 Å². The number of hydrogen-bond donors (Lipinski definition) is 1. The van der Waals surface area contributed by atoms with Gasteiger partial charge in [0.15, 0.2) is 0 Å². The first-order valence-corrected chi connectivity index (χ1v) is 7.72. The largest absolute Gasteiger partial charge is 0.480 e. The first-order valence-electron chi connectivity index (χ1n) is 7.72. The molecule has 1 aliphatic carbocycles. The molecule has 1 unspecified atom stereocenters. The van der Waals surface area contributed by atoms with Crippen molar-refractivity contribution in [3.05, 3.63) is 35.9 Å². The maximum absolute atomic E-state index is 12.4. The van der Waals surface area contributed by atoms with Gasteiger partial charge in [-0.3, -0.25) is 4.90 Å². The van der Waals surface area contributed by atoms with Crippen molar-refractivity contribution < 1.29 is 19.4 Å². The lowest BCUT2D eigenvalue weighted by Gasteiger charge is -2.39. The minimum absolute atomic E-state index is 0.0316. The Balaban J connectivity index is 2.05. The molecule has 2 rings (SSSR count). The molecule has 0 radical (unpaired) electrons. The Kier molecular flexibility index (Phi) is 5.41. The molecule has 1 atom stereocenters. The minimum Gasteiger partial charge on any atom is -0.480 e. The van der Waals surface area contributed by atoms with Crippen molar-refractivity contribution >= 4 is 12.1 Å². The van der Waals surface area contributed by atoms with E-state index in [1.165, 1.54) is 4.90 Å². The van der Waals surface area contributed by atoms with E-state index in [2.05, 4.69) is 0 Å². The molecule has 0 aliphatic heterocycles. The van der Waals surface area contributed by atoms with E-state index in [9.17, 15) is 14.7 Å². The van der Waals surface area contributed by atoms with Crippen LogP contribution in [0.3, 0.4) is 0 Å². The van der Waals surface area contributed by atoms with Crippen LogP contribution in [0.1, 0.15) is 38.7 Å². The number of aliphatic carboxylic acids is 1. The zero-order valence-corrected chi connectivity index (χ0v) is 13.1. The van der Waals surface area contributed by atoms with Crippen LogP contribution in [0.4, 0.5) is 4.79 Å². The van der Waals surface area contributed by atoms with Crippen molar-refractivity contribution in [2.24, 2.45) is 5.92 Å². The fourth-order valence-electron chi connectivity index (χ4n) is 2.74. The summed E-state index contributed by atoms with van der Waals surface area (Å²) in [6.45, 7) is 3.79. The van der Waals surface area contributed by atoms with Gasteiger partial charge in [0.05, 0.1) is 0 Å². The number of hydrogen-bond acceptors (Lipinski definition) is 3. The Morgan fingerprint density at radius 3 is 2.36 bits per heavy atom. The van der Waals surface area contributed by atoms with Gasteiger partial charge >= 0.3 is 12.1 Å². The van der Waals surface area contributed by atoms with E-state index in [0.717, 1.165) is 24.8 Å². The molecule has 0 bridgehead atoms. The molecular weight excluding hydrogens is 282 g/mol. The Hall–Kier alpha value is -2.04. The molecule has 0 aromatic heterocycles. The first kappa shape index (κ1) is 16.3. The summed E-state index contributed by atoms with van der Waals surface area (Å²) in [5.74, 6) is -0.917. The third-order valence-corrected chi connectivity index (χ3v) is 4.12. The zero-order valence-electron chi connectivity index (χ0n) is 13.1. The number of carbonyl (C=O) groups is 2. The number of ether oxygens (including phenoxy) is 1. The number of rotatable bonds is 6. The SMILES string of the molecule is CC(C)N(C(=O)OCc1ccccc1)C(C(=O)O)C1CCC1. The molecule has 5 nitrogen and oxygen atoms in total. The first-order chi connectivity index (χ1) is 10.5. The zero-order chi connectivity index (χ0) is 16.1. The van der Waals surface area contributed by atoms with Crippen molar-refractivity contribution in [2.75, 3.05) is 0 Å². The Morgan fingerprint density at radius 2 is 1.91 bits per heavy atom. The average Bonchev–Trinajstić information content (AvgIpc) is 2.43. The van der Waals surface area contributed by atoms with Crippen LogP contribution in [0, 0.1) is 5.92 Å². The predicted molar refractivity (Wildman–Crippen MR) is 82.4 cm³/mol. The van der Waals surface area contributed by atoms with Gasteiger partial charge in [-0.15, -0.1) is 0 Å². The fourth-order valence-corrected chi connectivity index (χ4v) is 2.74. The predicted octanol–water partition coefficient (Wildman–Crippen LogP) is 3.29. The molecule has 5 heteroatoms. The van der Waals surface area contributed by atoms with Gasteiger partial charge in [0.2, 0.25) is 0 Å². The number of nitrogens with zero attached hydrogens (tertiary/aromatic N) is 1. The summed E-state index contributed by atoms with van der Waals surface area (Å²) in [5.41, 5.74) is 0.884. The normalized spacial score (nSPS) is 16.0. The maximum Gasteiger partial charge on any atom is 0.411 e. The van der Waals surface area contributed by atoms with Gasteiger partial charge in [-0.1, -0.05) is 36.8 Å². The van der Waals surface area contributed by atoms with E-state index in [1.807, 2.05) is 44.2 Å². The molecule has 1 fully saturated rings. The quantitative estimate of drug-likeness (QED) is 0.875. The highest BCUT2D eigenvalue weighted by molar-refractivity contribution is 5.80. The van der Waals surface area contributed by atoms with Gasteiger partial charge in [0.25, 0.3) is 0 Å². The van der Waals surface area contributed by atoms with Crippen LogP contribution < -0.4 is 0 Å². The highest BCUT2D eigenvalue weighted by atomic mass is 16.6. The van der Waals surface area contributed by atoms with Crippen LogP contribution in [0.15, 0.2) is 30.3 Å². The van der Waals surface area contributed by atoms with Gasteiger partial charge in [-0.05, 0) is 38.2 Å². The molecule has 0 saturated heterocycles. The highest BCUT2D eigenvalue weighted by Gasteiger charge is 2.41. The number of amides is 1. The minimum atomic E-state index is -0.949. The van der Waals surface area contributed by atoms with E-state index < -0.39 is 18.1 Å². The summed E-state index contributed by atoms with van der Waals surface area (Å²) in [6, 6.07) is 8.36. The van der Waals surface area contributed by atoms with Crippen LogP contribution in [0.5, 0.6) is 0 Å². The molecule has 1 aromatic carbocycles. The number of carbonyl (C=O) groups excluding carboxylic acids is 1. The lowest BCUT2D eigenvalue weighted by molar-refractivity contribution is -0.147. The molecule has 0 heterocycles. The molecule has 22 heavy (non-hydrogen) atoms. The lowest BCUT2D eigenvalue weighted by Crippen LogP contribution is -2.54. The number of carboxylic acid groups (broad SMARTS) is 1. The van der Waals surface area contributed by atoms with E-state index in [0.29, 0.717) is 0 Å². The van der Waals surface area contributed by atoms with Crippen LogP contribution in [-0.2, 0) is 16.1 Å². The maximum atomic E-state index is 12.4. The van der Waals surface area contributed by atoms with Gasteiger partial charge in [0.1, 0.15) is 12.6 Å². The van der Waals surface area contributed by atoms with Gasteiger partial charge in [-0.25, -0.2) is 9.59 Å². The second-order valence-electron chi connectivity index (χ2n) is 6.02. The van der Waals surface area contributed by atoms with Crippen molar-refractivity contribution in [3.8, 4) is 0 Å². The standard InChI is InChI=1S/C17H23NO4/c1-12(2)18(15(16(19)20)14-9-6-10-14)17(21)22-11-13-7-4-3-5-8-13/h3-5,7-8,12,14-15H,6,9-11H2,1-2H3,(H,19,20). The highest BCUT2D eigenvalue weighted by Crippen LogP contribution is 2.33. The molecule has 1 aromatic rings. The molecule has 1 aliphatic rings. The summed E-state index contributed by atoms with van der Waals surface area (Å²) in [5, 5.41) is 9.51. The summed E-state index contributed by atoms with van der Waals surface area (Å²) in [4.78, 5) is 25.4. The number of benzene rings is 1. The Labute approximate surface area is 130 Å². The molecule has 1 N–H and O–H groups in total. The van der Waals surface area contributed by atoms with Crippen molar-refractivity contribution in [1.29, 1.82) is 0 Å². The van der Waals surface area contributed by atoms with E-state index in [-0.39, 0.29) is 18.6 Å². The average molecular weight is 305 g/mol. The van der Waals surface area contributed by atoms with Crippen LogP contribution in [0.2, 0.25) is 0 Å². The molecule has 1 saturated carbocycles. The van der Waals surface area contributed by atoms with Crippen LogP contribution in [0.25, 0.3) is 0 Å². The van der Waals surface area contributed by atoms with Crippen molar-refractivity contribution in [2.45, 2.75) is 51.8 Å². The van der Waals surface area contributed by atoms with E-state index in [1.54, 1.807) is 0 Å².